The number of nitrogens with zero attached hydrogens (tertiary/aromatic N) is 5. The highest BCUT2D eigenvalue weighted by Crippen LogP contribution is 2.22. The molecular weight excluding hydrogens is 324 g/mol. The second kappa shape index (κ2) is 7.35. The maximum Gasteiger partial charge on any atom is 0.145 e. The average Bonchev–Trinajstić information content (AvgIpc) is 2.69. The lowest BCUT2D eigenvalue weighted by atomic mass is 10.1. The van der Waals surface area contributed by atoms with Crippen LogP contribution in [0.3, 0.4) is 0 Å². The first-order valence-corrected chi connectivity index (χ1v) is 9.08. The molecule has 26 heavy (non-hydrogen) atoms. The van der Waals surface area contributed by atoms with Crippen molar-refractivity contribution in [3.63, 3.8) is 0 Å². The number of hydrogen-bond donors (Lipinski definition) is 1. The molecule has 0 bridgehead atoms. The fourth-order valence-corrected chi connectivity index (χ4v) is 3.58. The number of para-hydroxylation sites is 1. The first-order chi connectivity index (χ1) is 12.7. The molecule has 6 nitrogen and oxygen atoms in total. The van der Waals surface area contributed by atoms with E-state index in [1.165, 1.54) is 5.56 Å². The van der Waals surface area contributed by atoms with Crippen molar-refractivity contribution in [2.24, 2.45) is 0 Å². The Balaban J connectivity index is 1.40. The minimum atomic E-state index is 0.410. The predicted molar refractivity (Wildman–Crippen MR) is 103 cm³/mol. The summed E-state index contributed by atoms with van der Waals surface area (Å²) in [6.07, 6.45) is 3.73. The zero-order valence-electron chi connectivity index (χ0n) is 15.0. The van der Waals surface area contributed by atoms with Gasteiger partial charge in [0.25, 0.3) is 0 Å². The summed E-state index contributed by atoms with van der Waals surface area (Å²) in [6.45, 7) is 7.08. The number of nitrogen functional groups attached to an aromatic ring is 1. The third-order valence-corrected chi connectivity index (χ3v) is 5.19. The summed E-state index contributed by atoms with van der Waals surface area (Å²) in [5.74, 6) is 1.37. The third kappa shape index (κ3) is 3.52. The average molecular weight is 348 g/mol. The van der Waals surface area contributed by atoms with E-state index in [-0.39, 0.29) is 0 Å². The molecule has 1 atom stereocenters. The van der Waals surface area contributed by atoms with Crippen molar-refractivity contribution >= 4 is 16.7 Å². The summed E-state index contributed by atoms with van der Waals surface area (Å²) in [5, 5.41) is 0.923. The fourth-order valence-electron chi connectivity index (χ4n) is 3.58. The maximum atomic E-state index is 6.11. The second-order valence-corrected chi connectivity index (χ2v) is 6.81. The molecule has 1 saturated heterocycles. The van der Waals surface area contributed by atoms with Crippen molar-refractivity contribution in [3.05, 3.63) is 60.2 Å². The van der Waals surface area contributed by atoms with Crippen LogP contribution in [-0.2, 0) is 6.54 Å². The van der Waals surface area contributed by atoms with Crippen molar-refractivity contribution < 1.29 is 0 Å². The quantitative estimate of drug-likeness (QED) is 0.781. The molecule has 134 valence electrons. The van der Waals surface area contributed by atoms with E-state index in [9.17, 15) is 0 Å². The van der Waals surface area contributed by atoms with E-state index in [4.69, 9.17) is 5.73 Å². The van der Waals surface area contributed by atoms with Gasteiger partial charge in [0.2, 0.25) is 0 Å². The highest BCUT2D eigenvalue weighted by Gasteiger charge is 2.22. The van der Waals surface area contributed by atoms with Crippen LogP contribution in [0.2, 0.25) is 0 Å². The van der Waals surface area contributed by atoms with E-state index in [1.807, 2.05) is 36.7 Å². The van der Waals surface area contributed by atoms with Crippen LogP contribution in [0.4, 0.5) is 5.82 Å². The number of hydrogen-bond acceptors (Lipinski definition) is 6. The standard InChI is InChI=1S/C20H24N6/c1-15(16-6-8-22-9-7-16)26-12-10-25(11-13-26)14-19-23-18-5-3-2-4-17(18)20(21)24-19/h2-9,15H,10-14H2,1H3,(H2,21,23,24). The molecule has 6 heteroatoms. The number of benzene rings is 1. The molecule has 0 saturated carbocycles. The van der Waals surface area contributed by atoms with Gasteiger partial charge in [-0.15, -0.1) is 0 Å². The lowest BCUT2D eigenvalue weighted by Crippen LogP contribution is -2.46. The Kier molecular flexibility index (Phi) is 4.77. The van der Waals surface area contributed by atoms with Crippen LogP contribution in [0.5, 0.6) is 0 Å². The van der Waals surface area contributed by atoms with Crippen molar-refractivity contribution in [1.29, 1.82) is 0 Å². The van der Waals surface area contributed by atoms with E-state index >= 15 is 0 Å². The largest absolute Gasteiger partial charge is 0.383 e. The lowest BCUT2D eigenvalue weighted by molar-refractivity contribution is 0.0962. The first-order valence-electron chi connectivity index (χ1n) is 9.08. The van der Waals surface area contributed by atoms with E-state index in [1.54, 1.807) is 0 Å². The Labute approximate surface area is 153 Å². The van der Waals surface area contributed by atoms with Crippen molar-refractivity contribution in [2.75, 3.05) is 31.9 Å². The molecule has 0 spiro atoms. The summed E-state index contributed by atoms with van der Waals surface area (Å²) in [6, 6.07) is 12.5. The smallest absolute Gasteiger partial charge is 0.145 e. The van der Waals surface area contributed by atoms with Gasteiger partial charge >= 0.3 is 0 Å². The zero-order valence-corrected chi connectivity index (χ0v) is 15.0. The van der Waals surface area contributed by atoms with Gasteiger partial charge in [-0.3, -0.25) is 14.8 Å². The number of anilines is 1. The van der Waals surface area contributed by atoms with Crippen molar-refractivity contribution in [1.82, 2.24) is 24.8 Å². The highest BCUT2D eigenvalue weighted by atomic mass is 15.3. The molecule has 3 heterocycles. The summed E-state index contributed by atoms with van der Waals surface area (Å²) in [4.78, 5) is 18.2. The van der Waals surface area contributed by atoms with Crippen LogP contribution >= 0.6 is 0 Å². The fraction of sp³-hybridized carbons (Fsp3) is 0.350. The van der Waals surface area contributed by atoms with Crippen LogP contribution < -0.4 is 5.73 Å². The van der Waals surface area contributed by atoms with E-state index in [2.05, 4.69) is 43.8 Å². The number of nitrogens with two attached hydrogens (primary N) is 1. The zero-order chi connectivity index (χ0) is 17.9. The SMILES string of the molecule is CC(c1ccncc1)N1CCN(Cc2nc(N)c3ccccc3n2)CC1. The van der Waals surface area contributed by atoms with Gasteiger partial charge in [0, 0.05) is 50.0 Å². The minimum absolute atomic E-state index is 0.410. The number of fused-ring (bicyclic) bond motifs is 1. The Bertz CT molecular complexity index is 874. The van der Waals surface area contributed by atoms with Crippen LogP contribution in [0, 0.1) is 0 Å². The van der Waals surface area contributed by atoms with Gasteiger partial charge in [-0.2, -0.15) is 0 Å². The molecule has 1 aliphatic rings. The van der Waals surface area contributed by atoms with Gasteiger partial charge in [-0.25, -0.2) is 9.97 Å². The Morgan fingerprint density at radius 2 is 1.73 bits per heavy atom. The topological polar surface area (TPSA) is 71.2 Å². The molecule has 1 aliphatic heterocycles. The van der Waals surface area contributed by atoms with Crippen molar-refractivity contribution in [2.45, 2.75) is 19.5 Å². The molecule has 3 aromatic rings. The van der Waals surface area contributed by atoms with Gasteiger partial charge in [-0.1, -0.05) is 12.1 Å². The number of piperazine rings is 1. The predicted octanol–water partition coefficient (Wildman–Crippen LogP) is 2.49. The molecular formula is C20H24N6. The van der Waals surface area contributed by atoms with Crippen LogP contribution in [0.25, 0.3) is 10.9 Å². The maximum absolute atomic E-state index is 6.11. The second-order valence-electron chi connectivity index (χ2n) is 6.81. The number of pyridine rings is 1. The van der Waals surface area contributed by atoms with Gasteiger partial charge in [-0.05, 0) is 36.8 Å². The summed E-state index contributed by atoms with van der Waals surface area (Å²) >= 11 is 0. The monoisotopic (exact) mass is 348 g/mol. The molecule has 1 fully saturated rings. The molecule has 4 rings (SSSR count). The van der Waals surface area contributed by atoms with Gasteiger partial charge in [0.1, 0.15) is 11.6 Å². The molecule has 1 aromatic carbocycles. The van der Waals surface area contributed by atoms with Crippen LogP contribution in [-0.4, -0.2) is 50.9 Å². The summed E-state index contributed by atoms with van der Waals surface area (Å²) in [5.41, 5.74) is 8.34. The molecule has 0 aliphatic carbocycles. The van der Waals surface area contributed by atoms with Gasteiger partial charge in [0.05, 0.1) is 12.1 Å². The van der Waals surface area contributed by atoms with Gasteiger partial charge in [0.15, 0.2) is 0 Å². The number of aromatic nitrogens is 3. The lowest BCUT2D eigenvalue weighted by Gasteiger charge is -2.38. The summed E-state index contributed by atoms with van der Waals surface area (Å²) < 4.78 is 0. The molecule has 0 amide bonds. The van der Waals surface area contributed by atoms with Crippen LogP contribution in [0.1, 0.15) is 24.4 Å². The Morgan fingerprint density at radius 3 is 2.50 bits per heavy atom. The first kappa shape index (κ1) is 16.9. The van der Waals surface area contributed by atoms with E-state index in [0.717, 1.165) is 49.5 Å². The van der Waals surface area contributed by atoms with Crippen LogP contribution in [0.15, 0.2) is 48.8 Å². The van der Waals surface area contributed by atoms with Crippen molar-refractivity contribution in [3.8, 4) is 0 Å². The van der Waals surface area contributed by atoms with Gasteiger partial charge < -0.3 is 5.73 Å². The molecule has 2 aromatic heterocycles. The third-order valence-electron chi connectivity index (χ3n) is 5.19. The summed E-state index contributed by atoms with van der Waals surface area (Å²) in [7, 11) is 0. The molecule has 2 N–H and O–H groups in total. The molecule has 0 radical (unpaired) electrons. The number of rotatable bonds is 4. The minimum Gasteiger partial charge on any atom is -0.383 e. The normalized spacial score (nSPS) is 17.4. The Morgan fingerprint density at radius 1 is 1.00 bits per heavy atom. The highest BCUT2D eigenvalue weighted by molar-refractivity contribution is 5.87. The van der Waals surface area contributed by atoms with E-state index in [0.29, 0.717) is 11.9 Å². The molecule has 1 unspecified atom stereocenters. The van der Waals surface area contributed by atoms with E-state index < -0.39 is 0 Å². The Hall–Kier alpha value is -2.57.